The van der Waals surface area contributed by atoms with Crippen LogP contribution in [-0.2, 0) is 18.3 Å². The second kappa shape index (κ2) is 4.59. The first-order chi connectivity index (χ1) is 7.66. The summed E-state index contributed by atoms with van der Waals surface area (Å²) < 4.78 is 1.55. The van der Waals surface area contributed by atoms with Gasteiger partial charge in [-0.3, -0.25) is 4.79 Å². The number of carbonyl (C=O) groups is 1. The molecule has 1 atom stereocenters. The van der Waals surface area contributed by atoms with E-state index in [1.54, 1.807) is 11.7 Å². The minimum absolute atomic E-state index is 0.129. The van der Waals surface area contributed by atoms with Crippen LogP contribution in [0.25, 0.3) is 0 Å². The highest BCUT2D eigenvalue weighted by atomic mass is 16.2. The highest BCUT2D eigenvalue weighted by Gasteiger charge is 2.22. The van der Waals surface area contributed by atoms with Crippen LogP contribution in [0.2, 0.25) is 0 Å². The molecular formula is C10H17N5O. The van der Waals surface area contributed by atoms with E-state index in [4.69, 9.17) is 0 Å². The molecular weight excluding hydrogens is 206 g/mol. The van der Waals surface area contributed by atoms with E-state index in [9.17, 15) is 4.79 Å². The largest absolute Gasteiger partial charge is 0.342 e. The molecule has 1 amide bonds. The van der Waals surface area contributed by atoms with Gasteiger partial charge in [-0.1, -0.05) is 6.92 Å². The molecule has 1 saturated heterocycles. The molecule has 88 valence electrons. The number of hydrogen-bond acceptors (Lipinski definition) is 4. The molecule has 16 heavy (non-hydrogen) atoms. The van der Waals surface area contributed by atoms with Gasteiger partial charge in [-0.2, -0.15) is 0 Å². The van der Waals surface area contributed by atoms with Gasteiger partial charge in [0.25, 0.3) is 0 Å². The summed E-state index contributed by atoms with van der Waals surface area (Å²) in [6.45, 7) is 3.92. The molecule has 1 aliphatic rings. The third-order valence-electron chi connectivity index (χ3n) is 3.03. The van der Waals surface area contributed by atoms with E-state index >= 15 is 0 Å². The summed E-state index contributed by atoms with van der Waals surface area (Å²) in [5.74, 6) is 1.36. The van der Waals surface area contributed by atoms with Crippen molar-refractivity contribution in [2.24, 2.45) is 13.0 Å². The Morgan fingerprint density at radius 1 is 1.56 bits per heavy atom. The first-order valence-corrected chi connectivity index (χ1v) is 5.66. The van der Waals surface area contributed by atoms with E-state index in [0.717, 1.165) is 19.5 Å². The molecule has 1 aromatic heterocycles. The van der Waals surface area contributed by atoms with Crippen LogP contribution >= 0.6 is 0 Å². The van der Waals surface area contributed by atoms with E-state index in [-0.39, 0.29) is 5.91 Å². The highest BCUT2D eigenvalue weighted by molar-refractivity contribution is 5.78. The van der Waals surface area contributed by atoms with Gasteiger partial charge in [0, 0.05) is 20.1 Å². The lowest BCUT2D eigenvalue weighted by Gasteiger charge is -2.30. The normalized spacial score (nSPS) is 21.1. The van der Waals surface area contributed by atoms with Gasteiger partial charge in [-0.15, -0.1) is 5.10 Å². The summed E-state index contributed by atoms with van der Waals surface area (Å²) in [5.41, 5.74) is 0. The summed E-state index contributed by atoms with van der Waals surface area (Å²) in [5, 5.41) is 11.1. The first kappa shape index (κ1) is 11.0. The topological polar surface area (TPSA) is 63.9 Å². The Labute approximate surface area is 94.6 Å². The minimum atomic E-state index is 0.129. The standard InChI is InChI=1S/C10H17N5O/c1-8-4-3-5-15(7-8)10(16)6-9-11-12-13-14(9)2/h8H,3-7H2,1-2H3. The van der Waals surface area contributed by atoms with Crippen LogP contribution in [0, 0.1) is 5.92 Å². The third-order valence-corrected chi connectivity index (χ3v) is 3.03. The van der Waals surface area contributed by atoms with Gasteiger partial charge in [0.1, 0.15) is 0 Å². The molecule has 6 nitrogen and oxygen atoms in total. The number of hydrogen-bond donors (Lipinski definition) is 0. The van der Waals surface area contributed by atoms with Gasteiger partial charge in [-0.05, 0) is 29.2 Å². The van der Waals surface area contributed by atoms with E-state index in [2.05, 4.69) is 22.4 Å². The lowest BCUT2D eigenvalue weighted by molar-refractivity contribution is -0.132. The summed E-state index contributed by atoms with van der Waals surface area (Å²) in [4.78, 5) is 13.9. The van der Waals surface area contributed by atoms with E-state index in [1.807, 2.05) is 4.90 Å². The molecule has 0 radical (unpaired) electrons. The molecule has 0 N–H and O–H groups in total. The SMILES string of the molecule is CC1CCCN(C(=O)Cc2nnnn2C)C1. The number of aryl methyl sites for hydroxylation is 1. The van der Waals surface area contributed by atoms with Gasteiger partial charge in [0.2, 0.25) is 5.91 Å². The zero-order valence-electron chi connectivity index (χ0n) is 9.76. The molecule has 0 bridgehead atoms. The van der Waals surface area contributed by atoms with Crippen molar-refractivity contribution in [2.45, 2.75) is 26.2 Å². The Balaban J connectivity index is 1.95. The Morgan fingerprint density at radius 2 is 2.38 bits per heavy atom. The fourth-order valence-corrected chi connectivity index (χ4v) is 2.06. The fraction of sp³-hybridized carbons (Fsp3) is 0.800. The Hall–Kier alpha value is -1.46. The predicted molar refractivity (Wildman–Crippen MR) is 57.5 cm³/mol. The van der Waals surface area contributed by atoms with Crippen LogP contribution in [0.4, 0.5) is 0 Å². The maximum absolute atomic E-state index is 12.0. The molecule has 1 fully saturated rings. The van der Waals surface area contributed by atoms with Crippen LogP contribution in [0.1, 0.15) is 25.6 Å². The van der Waals surface area contributed by atoms with Crippen molar-refractivity contribution in [3.8, 4) is 0 Å². The summed E-state index contributed by atoms with van der Waals surface area (Å²) in [6.07, 6.45) is 2.62. The molecule has 2 rings (SSSR count). The summed E-state index contributed by atoms with van der Waals surface area (Å²) >= 11 is 0. The quantitative estimate of drug-likeness (QED) is 0.708. The van der Waals surface area contributed by atoms with Gasteiger partial charge in [0.05, 0.1) is 6.42 Å². The lowest BCUT2D eigenvalue weighted by atomic mass is 10.00. The van der Waals surface area contributed by atoms with Gasteiger partial charge < -0.3 is 4.90 Å². The number of likely N-dealkylation sites (tertiary alicyclic amines) is 1. The number of carbonyl (C=O) groups excluding carboxylic acids is 1. The molecule has 0 spiro atoms. The van der Waals surface area contributed by atoms with Crippen molar-refractivity contribution in [3.05, 3.63) is 5.82 Å². The Kier molecular flexibility index (Phi) is 3.17. The number of rotatable bonds is 2. The predicted octanol–water partition coefficient (Wildman–Crippen LogP) is 0.0111. The average molecular weight is 223 g/mol. The van der Waals surface area contributed by atoms with Gasteiger partial charge in [-0.25, -0.2) is 4.68 Å². The van der Waals surface area contributed by atoms with Gasteiger partial charge >= 0.3 is 0 Å². The summed E-state index contributed by atoms with van der Waals surface area (Å²) in [6, 6.07) is 0. The summed E-state index contributed by atoms with van der Waals surface area (Å²) in [7, 11) is 1.75. The number of nitrogens with zero attached hydrogens (tertiary/aromatic N) is 5. The molecule has 0 aromatic carbocycles. The molecule has 1 aromatic rings. The van der Waals surface area contributed by atoms with E-state index in [1.165, 1.54) is 6.42 Å². The second-order valence-electron chi connectivity index (χ2n) is 4.48. The van der Waals surface area contributed by atoms with Crippen molar-refractivity contribution in [1.82, 2.24) is 25.1 Å². The van der Waals surface area contributed by atoms with Crippen molar-refractivity contribution in [2.75, 3.05) is 13.1 Å². The number of tetrazole rings is 1. The number of aromatic nitrogens is 4. The molecule has 0 saturated carbocycles. The minimum Gasteiger partial charge on any atom is -0.342 e. The zero-order valence-corrected chi connectivity index (χ0v) is 9.76. The van der Waals surface area contributed by atoms with Crippen molar-refractivity contribution < 1.29 is 4.79 Å². The molecule has 6 heteroatoms. The first-order valence-electron chi connectivity index (χ1n) is 5.66. The van der Waals surface area contributed by atoms with Crippen LogP contribution in [0.5, 0.6) is 0 Å². The molecule has 1 aliphatic heterocycles. The van der Waals surface area contributed by atoms with E-state index < -0.39 is 0 Å². The maximum atomic E-state index is 12.0. The second-order valence-corrected chi connectivity index (χ2v) is 4.48. The maximum Gasteiger partial charge on any atom is 0.230 e. The smallest absolute Gasteiger partial charge is 0.230 e. The van der Waals surface area contributed by atoms with Crippen molar-refractivity contribution in [1.29, 1.82) is 0 Å². The molecule has 1 unspecified atom stereocenters. The van der Waals surface area contributed by atoms with Crippen LogP contribution in [0.3, 0.4) is 0 Å². The van der Waals surface area contributed by atoms with Gasteiger partial charge in [0.15, 0.2) is 5.82 Å². The number of amides is 1. The highest BCUT2D eigenvalue weighted by Crippen LogP contribution is 2.16. The van der Waals surface area contributed by atoms with E-state index in [0.29, 0.717) is 18.2 Å². The van der Waals surface area contributed by atoms with Crippen LogP contribution < -0.4 is 0 Å². The molecule has 0 aliphatic carbocycles. The van der Waals surface area contributed by atoms with Crippen LogP contribution in [0.15, 0.2) is 0 Å². The number of piperidine rings is 1. The van der Waals surface area contributed by atoms with Crippen molar-refractivity contribution >= 4 is 5.91 Å². The average Bonchev–Trinajstić information content (AvgIpc) is 2.64. The van der Waals surface area contributed by atoms with Crippen molar-refractivity contribution in [3.63, 3.8) is 0 Å². The van der Waals surface area contributed by atoms with Crippen LogP contribution in [-0.4, -0.2) is 44.1 Å². The Morgan fingerprint density at radius 3 is 3.00 bits per heavy atom. The zero-order chi connectivity index (χ0) is 11.5. The fourth-order valence-electron chi connectivity index (χ4n) is 2.06. The lowest BCUT2D eigenvalue weighted by Crippen LogP contribution is -2.40. The molecule has 2 heterocycles. The Bertz CT molecular complexity index is 375. The third kappa shape index (κ3) is 2.37. The monoisotopic (exact) mass is 223 g/mol.